The molecule has 6 nitrogen and oxygen atoms in total. The third-order valence-corrected chi connectivity index (χ3v) is 3.26. The lowest BCUT2D eigenvalue weighted by Crippen LogP contribution is -2.46. The van der Waals surface area contributed by atoms with Crippen molar-refractivity contribution in [2.24, 2.45) is 5.73 Å². The van der Waals surface area contributed by atoms with Crippen LogP contribution in [0.15, 0.2) is 0 Å². The fourth-order valence-electron chi connectivity index (χ4n) is 2.04. The molecule has 1 fully saturated rings. The van der Waals surface area contributed by atoms with Crippen LogP contribution < -0.4 is 5.73 Å². The molecule has 3 N–H and O–H groups in total. The summed E-state index contributed by atoms with van der Waals surface area (Å²) in [6.45, 7) is 1.38. The summed E-state index contributed by atoms with van der Waals surface area (Å²) in [6.07, 6.45) is 1.75. The molecule has 1 aliphatic heterocycles. The van der Waals surface area contributed by atoms with E-state index in [-0.39, 0.29) is 12.3 Å². The first-order valence-corrected chi connectivity index (χ1v) is 5.84. The standard InChI is InChI=1S/C11H21N3O3/c1-13(2)8-3-5-14(6-4-8)10(15)7-9(12)11(16)17/h8-9H,3-7,12H2,1-2H3,(H,16,17). The van der Waals surface area contributed by atoms with Crippen LogP contribution in [0, 0.1) is 0 Å². The number of carboxylic acids is 1. The van der Waals surface area contributed by atoms with Gasteiger partial charge >= 0.3 is 5.97 Å². The predicted molar refractivity (Wildman–Crippen MR) is 63.5 cm³/mol. The van der Waals surface area contributed by atoms with Crippen LogP contribution in [0.25, 0.3) is 0 Å². The molecular weight excluding hydrogens is 222 g/mol. The van der Waals surface area contributed by atoms with Crippen LogP contribution in [-0.4, -0.2) is 66.1 Å². The van der Waals surface area contributed by atoms with Gasteiger partial charge in [-0.05, 0) is 26.9 Å². The molecule has 0 radical (unpaired) electrons. The highest BCUT2D eigenvalue weighted by Crippen LogP contribution is 2.15. The summed E-state index contributed by atoms with van der Waals surface area (Å²) in [5.74, 6) is -1.28. The summed E-state index contributed by atoms with van der Waals surface area (Å²) in [7, 11) is 4.06. The minimum absolute atomic E-state index is 0.109. The van der Waals surface area contributed by atoms with E-state index >= 15 is 0 Å². The summed E-state index contributed by atoms with van der Waals surface area (Å²) in [5.41, 5.74) is 5.34. The van der Waals surface area contributed by atoms with Gasteiger partial charge in [0.2, 0.25) is 5.91 Å². The van der Waals surface area contributed by atoms with Gasteiger partial charge in [-0.2, -0.15) is 0 Å². The monoisotopic (exact) mass is 243 g/mol. The summed E-state index contributed by atoms with van der Waals surface area (Å²) in [5, 5.41) is 8.64. The Bertz CT molecular complexity index is 286. The van der Waals surface area contributed by atoms with Crippen molar-refractivity contribution < 1.29 is 14.7 Å². The normalized spacial score (nSPS) is 19.4. The van der Waals surface area contributed by atoms with Crippen LogP contribution in [0.1, 0.15) is 19.3 Å². The van der Waals surface area contributed by atoms with Crippen molar-refractivity contribution in [3.8, 4) is 0 Å². The second-order valence-electron chi connectivity index (χ2n) is 4.72. The Morgan fingerprint density at radius 3 is 2.35 bits per heavy atom. The van der Waals surface area contributed by atoms with E-state index in [2.05, 4.69) is 4.90 Å². The molecule has 17 heavy (non-hydrogen) atoms. The Morgan fingerprint density at radius 1 is 1.41 bits per heavy atom. The number of nitrogens with zero attached hydrogens (tertiary/aromatic N) is 2. The predicted octanol–water partition coefficient (Wildman–Crippen LogP) is -0.659. The molecule has 0 aromatic carbocycles. The highest BCUT2D eigenvalue weighted by molar-refractivity contribution is 5.84. The summed E-state index contributed by atoms with van der Waals surface area (Å²) >= 11 is 0. The number of piperidine rings is 1. The average molecular weight is 243 g/mol. The zero-order valence-electron chi connectivity index (χ0n) is 10.4. The maximum atomic E-state index is 11.8. The van der Waals surface area contributed by atoms with Crippen molar-refractivity contribution in [3.05, 3.63) is 0 Å². The van der Waals surface area contributed by atoms with Crippen molar-refractivity contribution in [3.63, 3.8) is 0 Å². The van der Waals surface area contributed by atoms with Gasteiger partial charge in [0.15, 0.2) is 0 Å². The lowest BCUT2D eigenvalue weighted by Gasteiger charge is -2.35. The van der Waals surface area contributed by atoms with Gasteiger partial charge in [0.25, 0.3) is 0 Å². The fraction of sp³-hybridized carbons (Fsp3) is 0.818. The number of nitrogens with two attached hydrogens (primary N) is 1. The highest BCUT2D eigenvalue weighted by atomic mass is 16.4. The number of aliphatic carboxylic acids is 1. The molecule has 0 saturated carbocycles. The SMILES string of the molecule is CN(C)C1CCN(C(=O)CC(N)C(=O)O)CC1. The largest absolute Gasteiger partial charge is 0.480 e. The van der Waals surface area contributed by atoms with Crippen LogP contribution in [0.2, 0.25) is 0 Å². The van der Waals surface area contributed by atoms with Gasteiger partial charge in [0.1, 0.15) is 6.04 Å². The van der Waals surface area contributed by atoms with Crippen LogP contribution in [-0.2, 0) is 9.59 Å². The molecule has 0 aromatic heterocycles. The number of carboxylic acid groups (broad SMARTS) is 1. The van der Waals surface area contributed by atoms with Gasteiger partial charge in [-0.3, -0.25) is 9.59 Å². The number of rotatable bonds is 4. The van der Waals surface area contributed by atoms with Crippen molar-refractivity contribution in [1.82, 2.24) is 9.80 Å². The lowest BCUT2D eigenvalue weighted by atomic mass is 10.0. The van der Waals surface area contributed by atoms with Gasteiger partial charge < -0.3 is 20.6 Å². The molecule has 1 saturated heterocycles. The third-order valence-electron chi connectivity index (χ3n) is 3.26. The van der Waals surface area contributed by atoms with Gasteiger partial charge in [-0.15, -0.1) is 0 Å². The van der Waals surface area contributed by atoms with Gasteiger partial charge in [0.05, 0.1) is 6.42 Å². The maximum Gasteiger partial charge on any atom is 0.321 e. The van der Waals surface area contributed by atoms with Gasteiger partial charge in [-0.1, -0.05) is 0 Å². The molecular formula is C11H21N3O3. The maximum absolute atomic E-state index is 11.8. The van der Waals surface area contributed by atoms with E-state index in [9.17, 15) is 9.59 Å². The fourth-order valence-corrected chi connectivity index (χ4v) is 2.04. The van der Waals surface area contributed by atoms with Gasteiger partial charge in [0, 0.05) is 19.1 Å². The molecule has 0 aliphatic carbocycles. The van der Waals surface area contributed by atoms with Crippen LogP contribution in [0.4, 0.5) is 0 Å². The minimum Gasteiger partial charge on any atom is -0.480 e. The van der Waals surface area contributed by atoms with Crippen LogP contribution in [0.3, 0.4) is 0 Å². The molecule has 6 heteroatoms. The molecule has 1 rings (SSSR count). The Hall–Kier alpha value is -1.14. The smallest absolute Gasteiger partial charge is 0.321 e. The van der Waals surface area contributed by atoms with E-state index in [1.165, 1.54) is 0 Å². The van der Waals surface area contributed by atoms with Crippen molar-refractivity contribution >= 4 is 11.9 Å². The van der Waals surface area contributed by atoms with E-state index in [4.69, 9.17) is 10.8 Å². The van der Waals surface area contributed by atoms with E-state index in [1.54, 1.807) is 4.90 Å². The number of carbonyl (C=O) groups excluding carboxylic acids is 1. The second kappa shape index (κ2) is 5.97. The Balaban J connectivity index is 2.38. The lowest BCUT2D eigenvalue weighted by molar-refractivity contribution is -0.143. The van der Waals surface area contributed by atoms with Crippen molar-refractivity contribution in [1.29, 1.82) is 0 Å². The summed E-state index contributed by atoms with van der Waals surface area (Å²) in [4.78, 5) is 26.2. The zero-order chi connectivity index (χ0) is 13.0. The molecule has 1 atom stereocenters. The van der Waals surface area contributed by atoms with E-state index in [1.807, 2.05) is 14.1 Å². The molecule has 1 aliphatic rings. The first-order valence-electron chi connectivity index (χ1n) is 5.84. The molecule has 0 aromatic rings. The molecule has 0 bridgehead atoms. The van der Waals surface area contributed by atoms with Crippen LogP contribution >= 0.6 is 0 Å². The molecule has 98 valence electrons. The molecule has 1 heterocycles. The Kier molecular flexibility index (Phi) is 4.89. The second-order valence-corrected chi connectivity index (χ2v) is 4.72. The summed E-state index contributed by atoms with van der Waals surface area (Å²) < 4.78 is 0. The van der Waals surface area contributed by atoms with Gasteiger partial charge in [-0.25, -0.2) is 0 Å². The first-order chi connectivity index (χ1) is 7.91. The van der Waals surface area contributed by atoms with Crippen molar-refractivity contribution in [2.75, 3.05) is 27.2 Å². The Morgan fingerprint density at radius 2 is 1.94 bits per heavy atom. The number of hydrogen-bond donors (Lipinski definition) is 2. The number of amides is 1. The molecule has 1 unspecified atom stereocenters. The van der Waals surface area contributed by atoms with Crippen molar-refractivity contribution in [2.45, 2.75) is 31.3 Å². The number of hydrogen-bond acceptors (Lipinski definition) is 4. The topological polar surface area (TPSA) is 86.9 Å². The van der Waals surface area contributed by atoms with E-state index in [0.717, 1.165) is 12.8 Å². The minimum atomic E-state index is -1.12. The summed E-state index contributed by atoms with van der Waals surface area (Å²) in [6, 6.07) is -0.582. The van der Waals surface area contributed by atoms with Crippen LogP contribution in [0.5, 0.6) is 0 Å². The van der Waals surface area contributed by atoms with E-state index in [0.29, 0.717) is 19.1 Å². The molecule has 1 amide bonds. The highest BCUT2D eigenvalue weighted by Gasteiger charge is 2.26. The quantitative estimate of drug-likeness (QED) is 0.684. The Labute approximate surface area is 101 Å². The number of carbonyl (C=O) groups is 2. The third kappa shape index (κ3) is 3.98. The zero-order valence-corrected chi connectivity index (χ0v) is 10.4. The first kappa shape index (κ1) is 13.9. The molecule has 0 spiro atoms. The van der Waals surface area contributed by atoms with E-state index < -0.39 is 12.0 Å². The number of likely N-dealkylation sites (tertiary alicyclic amines) is 1. The average Bonchev–Trinajstić information content (AvgIpc) is 2.28.